The smallest absolute Gasteiger partial charge is 0.253 e. The number of carbonyl (C=O) groups is 1. The maximum absolute atomic E-state index is 13.7. The summed E-state index contributed by atoms with van der Waals surface area (Å²) < 4.78 is 16.4. The average Bonchev–Trinajstić information content (AvgIpc) is 3.56. The molecule has 1 atom stereocenters. The third-order valence-electron chi connectivity index (χ3n) is 9.54. The molecule has 1 amide bonds. The third-order valence-corrected chi connectivity index (χ3v) is 9.77. The van der Waals surface area contributed by atoms with Gasteiger partial charge in [-0.05, 0) is 91.4 Å². The monoisotopic (exact) mass is 696 g/mol. The predicted octanol–water partition coefficient (Wildman–Crippen LogP) is 7.05. The van der Waals surface area contributed by atoms with Gasteiger partial charge in [0.25, 0.3) is 5.91 Å². The van der Waals surface area contributed by atoms with E-state index in [1.165, 1.54) is 11.1 Å². The van der Waals surface area contributed by atoms with Crippen LogP contribution in [0, 0.1) is 0 Å². The third kappa shape index (κ3) is 8.31. The second-order valence-corrected chi connectivity index (χ2v) is 13.3. The fourth-order valence-corrected chi connectivity index (χ4v) is 7.02. The molecule has 0 bridgehead atoms. The van der Waals surface area contributed by atoms with E-state index in [1.54, 1.807) is 38.4 Å². The molecule has 3 aromatic carbocycles. The molecule has 262 valence electrons. The van der Waals surface area contributed by atoms with Gasteiger partial charge in [-0.3, -0.25) is 9.78 Å². The minimum atomic E-state index is -0.127. The minimum absolute atomic E-state index is 0.0948. The first kappa shape index (κ1) is 35.0. The highest BCUT2D eigenvalue weighted by molar-refractivity contribution is 6.30. The number of likely N-dealkylation sites (N-methyl/N-ethyl adjacent to an activating group) is 1. The topological polar surface area (TPSA) is 105 Å². The van der Waals surface area contributed by atoms with Gasteiger partial charge in [-0.1, -0.05) is 35.9 Å². The first-order valence-corrected chi connectivity index (χ1v) is 17.4. The number of nitrogens with one attached hydrogen (secondary N) is 2. The zero-order chi connectivity index (χ0) is 35.0. The number of rotatable bonds is 14. The number of carbonyl (C=O) groups excluding carboxylic acids is 1. The number of benzene rings is 3. The maximum atomic E-state index is 13.7. The highest BCUT2D eigenvalue weighted by Gasteiger charge is 2.25. The summed E-state index contributed by atoms with van der Waals surface area (Å²) in [7, 11) is 6.47. The molecule has 0 aliphatic carbocycles. The number of methoxy groups -OCH3 is 3. The van der Waals surface area contributed by atoms with E-state index in [0.717, 1.165) is 67.9 Å². The van der Waals surface area contributed by atoms with Crippen molar-refractivity contribution >= 4 is 34.5 Å². The molecular weight excluding hydrogens is 652 g/mol. The Bertz CT molecular complexity index is 1870. The van der Waals surface area contributed by atoms with Gasteiger partial charge < -0.3 is 34.3 Å². The number of anilines is 1. The molecule has 0 radical (unpaired) electrons. The van der Waals surface area contributed by atoms with Crippen molar-refractivity contribution in [3.8, 4) is 17.2 Å². The summed E-state index contributed by atoms with van der Waals surface area (Å²) in [5, 5.41) is 4.36. The van der Waals surface area contributed by atoms with Crippen molar-refractivity contribution in [2.75, 3.05) is 59.9 Å². The van der Waals surface area contributed by atoms with Crippen LogP contribution in [-0.2, 0) is 6.42 Å². The van der Waals surface area contributed by atoms with Gasteiger partial charge in [0.2, 0.25) is 11.7 Å². The molecule has 10 nitrogen and oxygen atoms in total. The van der Waals surface area contributed by atoms with Crippen molar-refractivity contribution in [2.45, 2.75) is 37.6 Å². The number of imidazole rings is 1. The van der Waals surface area contributed by atoms with Crippen LogP contribution in [0.3, 0.4) is 0 Å². The Morgan fingerprint density at radius 2 is 1.72 bits per heavy atom. The molecule has 2 aromatic heterocycles. The summed E-state index contributed by atoms with van der Waals surface area (Å²) in [6, 6.07) is 22.1. The van der Waals surface area contributed by atoms with Gasteiger partial charge in [0.05, 0.1) is 32.4 Å². The Morgan fingerprint density at radius 3 is 2.40 bits per heavy atom. The first-order valence-electron chi connectivity index (χ1n) is 17.0. The summed E-state index contributed by atoms with van der Waals surface area (Å²) in [5.74, 6) is 2.13. The number of fused-ring (bicyclic) bond motifs is 1. The Balaban J connectivity index is 1.07. The lowest BCUT2D eigenvalue weighted by atomic mass is 9.94. The number of pyridine rings is 1. The predicted molar refractivity (Wildman–Crippen MR) is 198 cm³/mol. The summed E-state index contributed by atoms with van der Waals surface area (Å²) in [5.41, 5.74) is 6.04. The zero-order valence-corrected chi connectivity index (χ0v) is 29.9. The summed E-state index contributed by atoms with van der Waals surface area (Å²) in [4.78, 5) is 30.5. The van der Waals surface area contributed by atoms with Crippen LogP contribution < -0.4 is 19.5 Å². The number of halogens is 1. The standard InChI is InChI=1S/C39H45ClN6O4/c1-45(38(47)30-23-34(48-2)37(50-4)35(24-30)49-3)25-29(27-7-5-9-31(40)22-27)13-18-46-19-14-32(15-20-46)42-39-43-33-10-6-8-28(36(33)44-39)21-26-11-16-41-17-12-26/h5-12,16-17,22-24,29,32H,13-15,18-21,25H2,1-4H3,(H2,42,43,44). The number of hydrogen-bond acceptors (Lipinski definition) is 8. The fourth-order valence-electron chi connectivity index (χ4n) is 6.82. The molecule has 3 heterocycles. The van der Waals surface area contributed by atoms with E-state index in [9.17, 15) is 4.79 Å². The quantitative estimate of drug-likeness (QED) is 0.127. The molecule has 1 aliphatic heterocycles. The van der Waals surface area contributed by atoms with Gasteiger partial charge >= 0.3 is 0 Å². The van der Waals surface area contributed by atoms with Crippen LogP contribution in [0.1, 0.15) is 52.2 Å². The van der Waals surface area contributed by atoms with Crippen LogP contribution in [0.25, 0.3) is 11.0 Å². The number of aromatic amines is 1. The largest absolute Gasteiger partial charge is 0.493 e. The lowest BCUT2D eigenvalue weighted by Gasteiger charge is -2.34. The molecule has 2 N–H and O–H groups in total. The Hall–Kier alpha value is -4.80. The Morgan fingerprint density at radius 1 is 1.00 bits per heavy atom. The zero-order valence-electron chi connectivity index (χ0n) is 29.1. The number of ether oxygens (including phenoxy) is 3. The molecule has 0 spiro atoms. The molecule has 1 aliphatic rings. The lowest BCUT2D eigenvalue weighted by Crippen LogP contribution is -2.40. The molecule has 1 saturated heterocycles. The van der Waals surface area contributed by atoms with E-state index in [2.05, 4.69) is 44.5 Å². The second kappa shape index (κ2) is 16.3. The summed E-state index contributed by atoms with van der Waals surface area (Å²) >= 11 is 6.43. The number of likely N-dealkylation sites (tertiary alicyclic amines) is 1. The second-order valence-electron chi connectivity index (χ2n) is 12.8. The lowest BCUT2D eigenvalue weighted by molar-refractivity contribution is 0.0781. The number of hydrogen-bond donors (Lipinski definition) is 2. The number of piperidine rings is 1. The number of para-hydroxylation sites is 1. The highest BCUT2D eigenvalue weighted by Crippen LogP contribution is 2.38. The van der Waals surface area contributed by atoms with E-state index in [4.69, 9.17) is 30.8 Å². The van der Waals surface area contributed by atoms with Gasteiger partial charge in [-0.25, -0.2) is 4.98 Å². The van der Waals surface area contributed by atoms with Crippen molar-refractivity contribution in [2.24, 2.45) is 0 Å². The van der Waals surface area contributed by atoms with Gasteiger partial charge in [-0.2, -0.15) is 0 Å². The highest BCUT2D eigenvalue weighted by atomic mass is 35.5. The van der Waals surface area contributed by atoms with E-state index in [1.807, 2.05) is 49.8 Å². The number of nitrogens with zero attached hydrogens (tertiary/aromatic N) is 4. The van der Waals surface area contributed by atoms with E-state index in [-0.39, 0.29) is 11.8 Å². The molecule has 6 rings (SSSR count). The SMILES string of the molecule is COc1cc(C(=O)N(C)CC(CCN2CCC(Nc3nc4c(Cc5ccncc5)cccc4[nH]3)CC2)c2cccc(Cl)c2)cc(OC)c1OC. The number of amides is 1. The molecular formula is C39H45ClN6O4. The van der Waals surface area contributed by atoms with Crippen LogP contribution in [0.5, 0.6) is 17.2 Å². The molecule has 1 unspecified atom stereocenters. The maximum Gasteiger partial charge on any atom is 0.253 e. The van der Waals surface area contributed by atoms with Gasteiger partial charge in [0.15, 0.2) is 11.5 Å². The number of aromatic nitrogens is 3. The van der Waals surface area contributed by atoms with E-state index >= 15 is 0 Å². The van der Waals surface area contributed by atoms with Crippen LogP contribution >= 0.6 is 11.6 Å². The average molecular weight is 697 g/mol. The summed E-state index contributed by atoms with van der Waals surface area (Å²) in [6.45, 7) is 3.41. The Kier molecular flexibility index (Phi) is 11.4. The van der Waals surface area contributed by atoms with Crippen molar-refractivity contribution < 1.29 is 19.0 Å². The molecule has 50 heavy (non-hydrogen) atoms. The van der Waals surface area contributed by atoms with Crippen LogP contribution in [0.4, 0.5) is 5.95 Å². The van der Waals surface area contributed by atoms with Crippen LogP contribution in [-0.4, -0.2) is 91.3 Å². The van der Waals surface area contributed by atoms with Crippen molar-refractivity contribution in [1.82, 2.24) is 24.8 Å². The molecule has 1 fully saturated rings. The summed E-state index contributed by atoms with van der Waals surface area (Å²) in [6.07, 6.45) is 7.39. The van der Waals surface area contributed by atoms with Crippen LogP contribution in [0.15, 0.2) is 79.1 Å². The number of H-pyrrole nitrogens is 1. The minimum Gasteiger partial charge on any atom is -0.493 e. The fraction of sp³-hybridized carbons (Fsp3) is 0.359. The van der Waals surface area contributed by atoms with Crippen molar-refractivity contribution in [3.63, 3.8) is 0 Å². The van der Waals surface area contributed by atoms with Gasteiger partial charge in [0, 0.05) is 61.6 Å². The van der Waals surface area contributed by atoms with Crippen molar-refractivity contribution in [1.29, 1.82) is 0 Å². The Labute approximate surface area is 298 Å². The normalized spacial score (nSPS) is 14.3. The first-order chi connectivity index (χ1) is 24.3. The van der Waals surface area contributed by atoms with Gasteiger partial charge in [0.1, 0.15) is 0 Å². The van der Waals surface area contributed by atoms with Crippen LogP contribution in [0.2, 0.25) is 5.02 Å². The van der Waals surface area contributed by atoms with E-state index in [0.29, 0.717) is 40.4 Å². The molecule has 11 heteroatoms. The van der Waals surface area contributed by atoms with E-state index < -0.39 is 0 Å². The molecule has 5 aromatic rings. The van der Waals surface area contributed by atoms with Gasteiger partial charge in [-0.15, -0.1) is 0 Å². The molecule has 0 saturated carbocycles. The van der Waals surface area contributed by atoms with Crippen molar-refractivity contribution in [3.05, 3.63) is 106 Å².